The van der Waals surface area contributed by atoms with Gasteiger partial charge in [0.1, 0.15) is 11.9 Å². The van der Waals surface area contributed by atoms with Crippen LogP contribution in [0.1, 0.15) is 45.1 Å². The van der Waals surface area contributed by atoms with Gasteiger partial charge in [0.05, 0.1) is 6.54 Å². The lowest BCUT2D eigenvalue weighted by molar-refractivity contribution is 0.228. The van der Waals surface area contributed by atoms with E-state index in [0.29, 0.717) is 6.54 Å². The van der Waals surface area contributed by atoms with Crippen molar-refractivity contribution in [2.45, 2.75) is 52.6 Å². The van der Waals surface area contributed by atoms with Crippen molar-refractivity contribution in [2.24, 2.45) is 4.99 Å². The van der Waals surface area contributed by atoms with E-state index in [1.54, 1.807) is 0 Å². The van der Waals surface area contributed by atoms with Crippen molar-refractivity contribution in [2.75, 3.05) is 39.3 Å². The highest BCUT2D eigenvalue weighted by Gasteiger charge is 2.10. The molecule has 0 radical (unpaired) electrons. The molecule has 0 aromatic heterocycles. The number of rotatable bonds is 10. The molecule has 1 heterocycles. The third-order valence-corrected chi connectivity index (χ3v) is 4.66. The number of aliphatic imine (C=N–C) groups is 1. The van der Waals surface area contributed by atoms with Gasteiger partial charge in [-0.05, 0) is 77.7 Å². The first kappa shape index (κ1) is 20.6. The summed E-state index contributed by atoms with van der Waals surface area (Å²) in [6.45, 7) is 12.5. The Bertz CT molecular complexity index is 541. The minimum Gasteiger partial charge on any atom is -0.489 e. The average molecular weight is 361 g/mol. The van der Waals surface area contributed by atoms with Crippen LogP contribution < -0.4 is 15.4 Å². The summed E-state index contributed by atoms with van der Waals surface area (Å²) in [6, 6.07) is 8.12. The molecule has 2 rings (SSSR count). The second-order valence-electron chi connectivity index (χ2n) is 7.10. The standard InChI is InChI=1S/C21H36N4O/c1-4-22-21(23-13-7-8-14-25-15-9-10-16-25)24-17-19(3)26-20-12-6-5-11-18(20)2/h5-6,11-12,19H,4,7-10,13-17H2,1-3H3,(H2,22,23,24). The second kappa shape index (κ2) is 11.8. The molecule has 0 amide bonds. The summed E-state index contributed by atoms with van der Waals surface area (Å²) in [5, 5.41) is 6.76. The first-order chi connectivity index (χ1) is 12.7. The smallest absolute Gasteiger partial charge is 0.191 e. The summed E-state index contributed by atoms with van der Waals surface area (Å²) in [4.78, 5) is 7.25. The van der Waals surface area contributed by atoms with Gasteiger partial charge in [-0.1, -0.05) is 18.2 Å². The fourth-order valence-electron chi connectivity index (χ4n) is 3.18. The summed E-state index contributed by atoms with van der Waals surface area (Å²) < 4.78 is 6.01. The fraction of sp³-hybridized carbons (Fsp3) is 0.667. The van der Waals surface area contributed by atoms with E-state index in [4.69, 9.17) is 4.74 Å². The van der Waals surface area contributed by atoms with E-state index in [1.165, 1.54) is 45.3 Å². The fourth-order valence-corrected chi connectivity index (χ4v) is 3.18. The van der Waals surface area contributed by atoms with Gasteiger partial charge in [-0.3, -0.25) is 0 Å². The molecule has 1 fully saturated rings. The number of para-hydroxylation sites is 1. The number of ether oxygens (including phenoxy) is 1. The minimum atomic E-state index is 0.0433. The third kappa shape index (κ3) is 7.65. The van der Waals surface area contributed by atoms with Crippen LogP contribution in [0.5, 0.6) is 5.75 Å². The Morgan fingerprint density at radius 3 is 2.69 bits per heavy atom. The van der Waals surface area contributed by atoms with Gasteiger partial charge in [0.15, 0.2) is 5.96 Å². The first-order valence-corrected chi connectivity index (χ1v) is 10.2. The number of guanidine groups is 1. The van der Waals surface area contributed by atoms with E-state index in [-0.39, 0.29) is 6.10 Å². The monoisotopic (exact) mass is 360 g/mol. The third-order valence-electron chi connectivity index (χ3n) is 4.66. The number of benzene rings is 1. The summed E-state index contributed by atoms with van der Waals surface area (Å²) in [6.07, 6.45) is 5.22. The van der Waals surface area contributed by atoms with E-state index in [2.05, 4.69) is 47.4 Å². The minimum absolute atomic E-state index is 0.0433. The molecule has 146 valence electrons. The molecule has 5 heteroatoms. The Morgan fingerprint density at radius 2 is 1.96 bits per heavy atom. The Balaban J connectivity index is 1.68. The molecule has 1 aromatic carbocycles. The van der Waals surface area contributed by atoms with Gasteiger partial charge in [-0.15, -0.1) is 0 Å². The van der Waals surface area contributed by atoms with Gasteiger partial charge in [0.25, 0.3) is 0 Å². The molecule has 2 N–H and O–H groups in total. The number of hydrogen-bond acceptors (Lipinski definition) is 3. The van der Waals surface area contributed by atoms with Gasteiger partial charge in [0, 0.05) is 13.1 Å². The maximum Gasteiger partial charge on any atom is 0.191 e. The summed E-state index contributed by atoms with van der Waals surface area (Å²) in [5.74, 6) is 1.82. The van der Waals surface area contributed by atoms with Gasteiger partial charge in [-0.2, -0.15) is 0 Å². The second-order valence-corrected chi connectivity index (χ2v) is 7.10. The molecule has 1 aromatic rings. The molecule has 5 nitrogen and oxygen atoms in total. The molecule has 1 aliphatic rings. The first-order valence-electron chi connectivity index (χ1n) is 10.2. The van der Waals surface area contributed by atoms with E-state index < -0.39 is 0 Å². The van der Waals surface area contributed by atoms with Crippen molar-refractivity contribution < 1.29 is 4.74 Å². The van der Waals surface area contributed by atoms with Crippen LogP contribution in [0.3, 0.4) is 0 Å². The molecule has 0 aliphatic carbocycles. The van der Waals surface area contributed by atoms with Crippen molar-refractivity contribution in [3.05, 3.63) is 29.8 Å². The van der Waals surface area contributed by atoms with Crippen LogP contribution in [0.4, 0.5) is 0 Å². The molecule has 1 saturated heterocycles. The molecular weight excluding hydrogens is 324 g/mol. The van der Waals surface area contributed by atoms with Crippen LogP contribution in [0.15, 0.2) is 29.3 Å². The topological polar surface area (TPSA) is 48.9 Å². The van der Waals surface area contributed by atoms with Crippen LogP contribution in [-0.4, -0.2) is 56.2 Å². The number of hydrogen-bond donors (Lipinski definition) is 2. The molecule has 0 bridgehead atoms. The normalized spacial score (nSPS) is 16.5. The van der Waals surface area contributed by atoms with Crippen molar-refractivity contribution in [3.8, 4) is 5.75 Å². The van der Waals surface area contributed by atoms with Gasteiger partial charge in [0.2, 0.25) is 0 Å². The highest BCUT2D eigenvalue weighted by molar-refractivity contribution is 5.79. The zero-order chi connectivity index (χ0) is 18.6. The molecule has 0 spiro atoms. The number of aryl methyl sites for hydroxylation is 1. The van der Waals surface area contributed by atoms with Gasteiger partial charge >= 0.3 is 0 Å². The van der Waals surface area contributed by atoms with Crippen LogP contribution in [0.2, 0.25) is 0 Å². The number of nitrogens with zero attached hydrogens (tertiary/aromatic N) is 2. The van der Waals surface area contributed by atoms with E-state index in [0.717, 1.165) is 30.4 Å². The van der Waals surface area contributed by atoms with Crippen molar-refractivity contribution in [1.82, 2.24) is 15.5 Å². The van der Waals surface area contributed by atoms with Crippen molar-refractivity contribution >= 4 is 5.96 Å². The van der Waals surface area contributed by atoms with Crippen LogP contribution in [0.25, 0.3) is 0 Å². The Labute approximate surface area is 159 Å². The maximum atomic E-state index is 6.01. The van der Waals surface area contributed by atoms with Crippen molar-refractivity contribution in [1.29, 1.82) is 0 Å². The molecule has 1 atom stereocenters. The molecule has 26 heavy (non-hydrogen) atoms. The number of nitrogens with one attached hydrogen (secondary N) is 2. The lowest BCUT2D eigenvalue weighted by Gasteiger charge is -2.17. The van der Waals surface area contributed by atoms with Crippen LogP contribution in [-0.2, 0) is 0 Å². The predicted octanol–water partition coefficient (Wildman–Crippen LogP) is 3.19. The SMILES string of the molecule is CCNC(=NCC(C)Oc1ccccc1C)NCCCCN1CCCC1. The van der Waals surface area contributed by atoms with Crippen molar-refractivity contribution in [3.63, 3.8) is 0 Å². The van der Waals surface area contributed by atoms with Gasteiger partial charge in [-0.25, -0.2) is 4.99 Å². The average Bonchev–Trinajstić information content (AvgIpc) is 3.15. The summed E-state index contributed by atoms with van der Waals surface area (Å²) in [7, 11) is 0. The van der Waals surface area contributed by atoms with E-state index in [9.17, 15) is 0 Å². The largest absolute Gasteiger partial charge is 0.489 e. The highest BCUT2D eigenvalue weighted by Crippen LogP contribution is 2.17. The zero-order valence-corrected chi connectivity index (χ0v) is 16.8. The van der Waals surface area contributed by atoms with Crippen LogP contribution in [0, 0.1) is 6.92 Å². The Kier molecular flexibility index (Phi) is 9.32. The van der Waals surface area contributed by atoms with E-state index in [1.807, 2.05) is 18.2 Å². The maximum absolute atomic E-state index is 6.01. The van der Waals surface area contributed by atoms with E-state index >= 15 is 0 Å². The summed E-state index contributed by atoms with van der Waals surface area (Å²) in [5.41, 5.74) is 1.16. The zero-order valence-electron chi connectivity index (χ0n) is 16.8. The summed E-state index contributed by atoms with van der Waals surface area (Å²) >= 11 is 0. The molecular formula is C21H36N4O. The quantitative estimate of drug-likeness (QED) is 0.382. The highest BCUT2D eigenvalue weighted by atomic mass is 16.5. The van der Waals surface area contributed by atoms with Gasteiger partial charge < -0.3 is 20.3 Å². The Hall–Kier alpha value is -1.75. The number of likely N-dealkylation sites (tertiary alicyclic amines) is 1. The Morgan fingerprint density at radius 1 is 1.19 bits per heavy atom. The lowest BCUT2D eigenvalue weighted by Crippen LogP contribution is -2.38. The van der Waals surface area contributed by atoms with Crippen LogP contribution >= 0.6 is 0 Å². The number of unbranched alkanes of at least 4 members (excludes halogenated alkanes) is 1. The molecule has 0 saturated carbocycles. The predicted molar refractivity (Wildman–Crippen MR) is 110 cm³/mol. The molecule has 1 unspecified atom stereocenters. The lowest BCUT2D eigenvalue weighted by atomic mass is 10.2. The molecule has 1 aliphatic heterocycles.